The van der Waals surface area contributed by atoms with Gasteiger partial charge in [0.05, 0.1) is 22.2 Å². The molecule has 0 N–H and O–H groups in total. The fraction of sp³-hybridized carbons (Fsp3) is 0.370. The minimum atomic E-state index is -0.136. The molecule has 34 heavy (non-hydrogen) atoms. The van der Waals surface area contributed by atoms with Crippen LogP contribution in [-0.4, -0.2) is 34.2 Å². The molecule has 1 aliphatic heterocycles. The Balaban J connectivity index is 1.66. The standard InChI is InChI=1S/C27H27Cl2N3O2/c1-15-9-18(13-30)10-25-22(15)11-19(31(25)4)12-23-24(28)6-5-21(26(23)29)27(34)32-8-7-20(17(3)33)16(2)14-32/h5-6,9-11,16,20H,7-8,12,14H2,1-4H3. The van der Waals surface area contributed by atoms with E-state index in [0.29, 0.717) is 52.7 Å². The number of nitriles is 1. The average molecular weight is 496 g/mol. The molecule has 7 heteroatoms. The molecule has 0 saturated carbocycles. The van der Waals surface area contributed by atoms with Gasteiger partial charge in [0.15, 0.2) is 0 Å². The maximum absolute atomic E-state index is 13.4. The van der Waals surface area contributed by atoms with Crippen molar-refractivity contribution >= 4 is 45.8 Å². The van der Waals surface area contributed by atoms with E-state index in [1.807, 2.05) is 37.6 Å². The highest BCUT2D eigenvalue weighted by atomic mass is 35.5. The summed E-state index contributed by atoms with van der Waals surface area (Å²) in [7, 11) is 1.95. The van der Waals surface area contributed by atoms with E-state index in [4.69, 9.17) is 23.2 Å². The van der Waals surface area contributed by atoms with Crippen LogP contribution in [0.25, 0.3) is 10.9 Å². The lowest BCUT2D eigenvalue weighted by Crippen LogP contribution is -2.44. The highest BCUT2D eigenvalue weighted by molar-refractivity contribution is 6.38. The zero-order valence-electron chi connectivity index (χ0n) is 19.8. The monoisotopic (exact) mass is 495 g/mol. The quantitative estimate of drug-likeness (QED) is 0.449. The first-order chi connectivity index (χ1) is 16.1. The number of Topliss-reactive ketones (excluding diaryl/α,β-unsaturated/α-hetero) is 1. The van der Waals surface area contributed by atoms with E-state index >= 15 is 0 Å². The number of hydrogen-bond acceptors (Lipinski definition) is 3. The van der Waals surface area contributed by atoms with Gasteiger partial charge in [0, 0.05) is 54.1 Å². The first-order valence-electron chi connectivity index (χ1n) is 11.4. The summed E-state index contributed by atoms with van der Waals surface area (Å²) in [5, 5.41) is 11.3. The third-order valence-corrected chi connectivity index (χ3v) is 7.87. The van der Waals surface area contributed by atoms with Gasteiger partial charge in [-0.2, -0.15) is 5.26 Å². The van der Waals surface area contributed by atoms with Crippen molar-refractivity contribution in [2.24, 2.45) is 18.9 Å². The fourth-order valence-corrected chi connectivity index (χ4v) is 5.69. The summed E-state index contributed by atoms with van der Waals surface area (Å²) in [5.74, 6) is 0.150. The molecule has 176 valence electrons. The number of carbonyl (C=O) groups excluding carboxylic acids is 2. The summed E-state index contributed by atoms with van der Waals surface area (Å²) in [5.41, 5.74) is 4.72. The Labute approximate surface area is 209 Å². The van der Waals surface area contributed by atoms with Crippen LogP contribution in [-0.2, 0) is 18.3 Å². The number of amides is 1. The third-order valence-electron chi connectivity index (χ3n) is 7.09. The zero-order chi connectivity index (χ0) is 24.7. The Bertz CT molecular complexity index is 1350. The van der Waals surface area contributed by atoms with Crippen molar-refractivity contribution in [3.63, 3.8) is 0 Å². The van der Waals surface area contributed by atoms with Crippen molar-refractivity contribution in [3.8, 4) is 6.07 Å². The molecule has 0 aliphatic carbocycles. The Kier molecular flexibility index (Phi) is 6.75. The van der Waals surface area contributed by atoms with Gasteiger partial charge in [0.2, 0.25) is 0 Å². The summed E-state index contributed by atoms with van der Waals surface area (Å²) in [6.45, 7) is 6.69. The average Bonchev–Trinajstić information content (AvgIpc) is 3.11. The fourth-order valence-electron chi connectivity index (χ4n) is 5.11. The number of aryl methyl sites for hydroxylation is 2. The van der Waals surface area contributed by atoms with Gasteiger partial charge in [-0.1, -0.05) is 30.1 Å². The van der Waals surface area contributed by atoms with E-state index in [-0.39, 0.29) is 23.5 Å². The number of likely N-dealkylation sites (tertiary alicyclic amines) is 1. The van der Waals surface area contributed by atoms with Crippen LogP contribution in [0.3, 0.4) is 0 Å². The van der Waals surface area contributed by atoms with Gasteiger partial charge in [-0.05, 0) is 67.6 Å². The topological polar surface area (TPSA) is 66.1 Å². The number of aromatic nitrogens is 1. The predicted octanol–water partition coefficient (Wildman–Crippen LogP) is 5.94. The van der Waals surface area contributed by atoms with Crippen molar-refractivity contribution in [1.82, 2.24) is 9.47 Å². The molecule has 0 spiro atoms. The smallest absolute Gasteiger partial charge is 0.255 e. The molecule has 0 bridgehead atoms. The summed E-state index contributed by atoms with van der Waals surface area (Å²) in [4.78, 5) is 27.0. The number of piperidine rings is 1. The molecule has 1 fully saturated rings. The molecule has 2 aromatic carbocycles. The van der Waals surface area contributed by atoms with Gasteiger partial charge in [0.1, 0.15) is 5.78 Å². The van der Waals surface area contributed by atoms with Crippen molar-refractivity contribution in [2.75, 3.05) is 13.1 Å². The van der Waals surface area contributed by atoms with Crippen LogP contribution in [0.5, 0.6) is 0 Å². The molecule has 1 aliphatic rings. The maximum Gasteiger partial charge on any atom is 0.255 e. The van der Waals surface area contributed by atoms with Crippen LogP contribution in [0.2, 0.25) is 10.0 Å². The molecule has 2 heterocycles. The van der Waals surface area contributed by atoms with Crippen molar-refractivity contribution in [1.29, 1.82) is 5.26 Å². The Morgan fingerprint density at radius 3 is 2.59 bits per heavy atom. The molecule has 1 amide bonds. The van der Waals surface area contributed by atoms with E-state index in [9.17, 15) is 14.9 Å². The van der Waals surface area contributed by atoms with Gasteiger partial charge in [-0.15, -0.1) is 0 Å². The minimum Gasteiger partial charge on any atom is -0.347 e. The number of fused-ring (bicyclic) bond motifs is 1. The largest absolute Gasteiger partial charge is 0.347 e. The van der Waals surface area contributed by atoms with Crippen LogP contribution < -0.4 is 0 Å². The minimum absolute atomic E-state index is 0.00298. The Morgan fingerprint density at radius 1 is 1.21 bits per heavy atom. The van der Waals surface area contributed by atoms with Crippen LogP contribution in [0.4, 0.5) is 0 Å². The number of nitrogens with zero attached hydrogens (tertiary/aromatic N) is 3. The first kappa shape index (κ1) is 24.3. The molecule has 1 aromatic heterocycles. The molecule has 5 nitrogen and oxygen atoms in total. The Hall–Kier alpha value is -2.81. The van der Waals surface area contributed by atoms with Crippen molar-refractivity contribution in [3.05, 3.63) is 68.3 Å². The summed E-state index contributed by atoms with van der Waals surface area (Å²) >= 11 is 13.3. The highest BCUT2D eigenvalue weighted by Crippen LogP contribution is 2.34. The second-order valence-electron chi connectivity index (χ2n) is 9.33. The second kappa shape index (κ2) is 9.44. The number of rotatable bonds is 4. The zero-order valence-corrected chi connectivity index (χ0v) is 21.3. The lowest BCUT2D eigenvalue weighted by Gasteiger charge is -2.36. The highest BCUT2D eigenvalue weighted by Gasteiger charge is 2.32. The molecule has 0 radical (unpaired) electrons. The number of hydrogen-bond donors (Lipinski definition) is 0. The van der Waals surface area contributed by atoms with Crippen LogP contribution >= 0.6 is 23.2 Å². The van der Waals surface area contributed by atoms with Crippen molar-refractivity contribution in [2.45, 2.75) is 33.6 Å². The first-order valence-corrected chi connectivity index (χ1v) is 12.1. The summed E-state index contributed by atoms with van der Waals surface area (Å²) < 4.78 is 2.04. The van der Waals surface area contributed by atoms with Gasteiger partial charge in [0.25, 0.3) is 5.91 Å². The summed E-state index contributed by atoms with van der Waals surface area (Å²) in [6.07, 6.45) is 1.12. The summed E-state index contributed by atoms with van der Waals surface area (Å²) in [6, 6.07) is 11.5. The predicted molar refractivity (Wildman–Crippen MR) is 135 cm³/mol. The molecule has 2 atom stereocenters. The van der Waals surface area contributed by atoms with E-state index in [1.165, 1.54) is 0 Å². The Morgan fingerprint density at radius 2 is 1.94 bits per heavy atom. The van der Waals surface area contributed by atoms with Crippen LogP contribution in [0.1, 0.15) is 53.0 Å². The normalized spacial score (nSPS) is 18.2. The van der Waals surface area contributed by atoms with E-state index < -0.39 is 0 Å². The molecular formula is C27H27Cl2N3O2. The SMILES string of the molecule is CC(=O)C1CCN(C(=O)c2ccc(Cl)c(Cc3cc4c(C)cc(C#N)cc4n3C)c2Cl)CC1C. The lowest BCUT2D eigenvalue weighted by molar-refractivity contribution is -0.123. The molecular weight excluding hydrogens is 469 g/mol. The van der Waals surface area contributed by atoms with E-state index in [0.717, 1.165) is 22.2 Å². The van der Waals surface area contributed by atoms with Gasteiger partial charge in [-0.3, -0.25) is 9.59 Å². The lowest BCUT2D eigenvalue weighted by atomic mass is 9.84. The van der Waals surface area contributed by atoms with Gasteiger partial charge >= 0.3 is 0 Å². The number of ketones is 1. The molecule has 1 saturated heterocycles. The van der Waals surface area contributed by atoms with Gasteiger partial charge in [-0.25, -0.2) is 0 Å². The van der Waals surface area contributed by atoms with Crippen LogP contribution in [0, 0.1) is 30.1 Å². The number of benzene rings is 2. The molecule has 4 rings (SSSR count). The third kappa shape index (κ3) is 4.33. The number of carbonyl (C=O) groups is 2. The molecule has 2 unspecified atom stereocenters. The maximum atomic E-state index is 13.4. The van der Waals surface area contributed by atoms with Crippen LogP contribution in [0.15, 0.2) is 30.3 Å². The number of halogens is 2. The van der Waals surface area contributed by atoms with Gasteiger partial charge < -0.3 is 9.47 Å². The second-order valence-corrected chi connectivity index (χ2v) is 10.1. The molecule has 3 aromatic rings. The van der Waals surface area contributed by atoms with E-state index in [2.05, 4.69) is 12.1 Å². The van der Waals surface area contributed by atoms with E-state index in [1.54, 1.807) is 24.0 Å². The van der Waals surface area contributed by atoms with Crippen molar-refractivity contribution < 1.29 is 9.59 Å².